The molecule has 146 valence electrons. The van der Waals surface area contributed by atoms with Crippen molar-refractivity contribution in [2.24, 2.45) is 0 Å². The van der Waals surface area contributed by atoms with Crippen LogP contribution in [0.15, 0.2) is 29.7 Å². The second-order valence-electron chi connectivity index (χ2n) is 6.73. The summed E-state index contributed by atoms with van der Waals surface area (Å²) in [5.74, 6) is 0.433. The molecule has 1 atom stereocenters. The first kappa shape index (κ1) is 18.6. The predicted molar refractivity (Wildman–Crippen MR) is 105 cm³/mol. The number of non-ortho nitro benzene ring substituents is 1. The number of nitro groups is 1. The number of nitro benzene ring substituents is 1. The van der Waals surface area contributed by atoms with E-state index in [0.29, 0.717) is 23.4 Å². The van der Waals surface area contributed by atoms with Crippen LogP contribution >= 0.6 is 11.3 Å². The van der Waals surface area contributed by atoms with Crippen molar-refractivity contribution < 1.29 is 19.2 Å². The van der Waals surface area contributed by atoms with Crippen LogP contribution in [0.5, 0.6) is 5.75 Å². The monoisotopic (exact) mass is 400 g/mol. The zero-order valence-corrected chi connectivity index (χ0v) is 16.2. The van der Waals surface area contributed by atoms with Crippen LogP contribution in [0.3, 0.4) is 0 Å². The standard InChI is InChI=1S/C20H20N2O5S/c1-2-17-16-6-8-28-18(16)5-7-21(17)19(23)4-3-13-9-15(22(24)25)10-14-11-26-12-27-20(13)14/h3-4,6,8-10,17H,2,5,7,11-12H2,1H3/b4-3+. The molecule has 2 aromatic rings. The SMILES string of the molecule is CCC1c2ccsc2CCN1C(=O)/C=C/c1cc([N+](=O)[O-])cc2c1OCOC2. The number of amides is 1. The number of hydrogen-bond donors (Lipinski definition) is 0. The number of benzene rings is 1. The van der Waals surface area contributed by atoms with Crippen LogP contribution in [0.1, 0.15) is 41.0 Å². The third-order valence-corrected chi connectivity index (χ3v) is 6.10. The highest BCUT2D eigenvalue weighted by molar-refractivity contribution is 7.10. The van der Waals surface area contributed by atoms with Crippen LogP contribution < -0.4 is 4.74 Å². The van der Waals surface area contributed by atoms with E-state index in [0.717, 1.165) is 12.8 Å². The van der Waals surface area contributed by atoms with E-state index in [2.05, 4.69) is 18.4 Å². The molecule has 0 N–H and O–H groups in total. The molecule has 2 aliphatic heterocycles. The summed E-state index contributed by atoms with van der Waals surface area (Å²) in [6.45, 7) is 3.08. The van der Waals surface area contributed by atoms with E-state index in [1.165, 1.54) is 28.6 Å². The molecule has 2 aliphatic rings. The molecule has 0 spiro atoms. The number of carbonyl (C=O) groups is 1. The summed E-state index contributed by atoms with van der Waals surface area (Å²) in [5, 5.41) is 13.3. The molecule has 1 amide bonds. The van der Waals surface area contributed by atoms with Gasteiger partial charge >= 0.3 is 0 Å². The fourth-order valence-corrected chi connectivity index (χ4v) is 4.75. The Morgan fingerprint density at radius 2 is 2.32 bits per heavy atom. The number of hydrogen-bond acceptors (Lipinski definition) is 6. The second-order valence-corrected chi connectivity index (χ2v) is 7.73. The fourth-order valence-electron chi connectivity index (χ4n) is 3.82. The van der Waals surface area contributed by atoms with E-state index in [4.69, 9.17) is 9.47 Å². The predicted octanol–water partition coefficient (Wildman–Crippen LogP) is 4.07. The number of carbonyl (C=O) groups excluding carboxylic acids is 1. The lowest BCUT2D eigenvalue weighted by molar-refractivity contribution is -0.385. The Hall–Kier alpha value is -2.71. The van der Waals surface area contributed by atoms with Gasteiger partial charge in [-0.3, -0.25) is 14.9 Å². The first-order valence-corrected chi connectivity index (χ1v) is 10.0. The summed E-state index contributed by atoms with van der Waals surface area (Å²) in [4.78, 5) is 26.9. The number of fused-ring (bicyclic) bond motifs is 2. The van der Waals surface area contributed by atoms with E-state index in [9.17, 15) is 14.9 Å². The van der Waals surface area contributed by atoms with Crippen LogP contribution in [0, 0.1) is 10.1 Å². The molecule has 0 bridgehead atoms. The minimum absolute atomic E-state index is 0.0488. The summed E-state index contributed by atoms with van der Waals surface area (Å²) in [5.41, 5.74) is 2.31. The van der Waals surface area contributed by atoms with Crippen molar-refractivity contribution >= 4 is 29.0 Å². The molecule has 7 nitrogen and oxygen atoms in total. The van der Waals surface area contributed by atoms with Gasteiger partial charge in [-0.05, 0) is 35.9 Å². The summed E-state index contributed by atoms with van der Waals surface area (Å²) in [6.07, 6.45) is 4.79. The molecule has 1 aromatic heterocycles. The zero-order valence-electron chi connectivity index (χ0n) is 15.4. The molecule has 0 radical (unpaired) electrons. The van der Waals surface area contributed by atoms with Crippen molar-refractivity contribution in [1.29, 1.82) is 0 Å². The van der Waals surface area contributed by atoms with Crippen molar-refractivity contribution in [2.45, 2.75) is 32.4 Å². The van der Waals surface area contributed by atoms with Gasteiger partial charge in [-0.1, -0.05) is 6.92 Å². The van der Waals surface area contributed by atoms with Crippen LogP contribution in [0.2, 0.25) is 0 Å². The molecule has 0 fully saturated rings. The molecule has 0 aliphatic carbocycles. The summed E-state index contributed by atoms with van der Waals surface area (Å²) in [6, 6.07) is 5.04. The fraction of sp³-hybridized carbons (Fsp3) is 0.350. The van der Waals surface area contributed by atoms with Crippen LogP contribution in [-0.2, 0) is 22.6 Å². The Morgan fingerprint density at radius 3 is 3.11 bits per heavy atom. The Kier molecular flexibility index (Phi) is 5.15. The largest absolute Gasteiger partial charge is 0.467 e. The van der Waals surface area contributed by atoms with E-state index in [-0.39, 0.29) is 31.0 Å². The molecule has 0 saturated heterocycles. The highest BCUT2D eigenvalue weighted by Crippen LogP contribution is 2.36. The maximum Gasteiger partial charge on any atom is 0.270 e. The molecule has 1 aromatic carbocycles. The Labute approximate surface area is 166 Å². The highest BCUT2D eigenvalue weighted by atomic mass is 32.1. The van der Waals surface area contributed by atoms with Gasteiger partial charge in [0.25, 0.3) is 5.69 Å². The van der Waals surface area contributed by atoms with Gasteiger partial charge in [0, 0.05) is 40.8 Å². The lowest BCUT2D eigenvalue weighted by Crippen LogP contribution is -2.38. The van der Waals surface area contributed by atoms with Crippen molar-refractivity contribution in [2.75, 3.05) is 13.3 Å². The molecule has 4 rings (SSSR count). The number of rotatable bonds is 4. The number of thiophene rings is 1. The molecule has 0 saturated carbocycles. The molecule has 3 heterocycles. The number of ether oxygens (including phenoxy) is 2. The topological polar surface area (TPSA) is 81.9 Å². The third kappa shape index (κ3) is 3.41. The van der Waals surface area contributed by atoms with Crippen molar-refractivity contribution in [3.8, 4) is 5.75 Å². The van der Waals surface area contributed by atoms with Gasteiger partial charge in [0.15, 0.2) is 6.79 Å². The van der Waals surface area contributed by atoms with Gasteiger partial charge < -0.3 is 14.4 Å². The summed E-state index contributed by atoms with van der Waals surface area (Å²) >= 11 is 1.74. The maximum absolute atomic E-state index is 12.9. The minimum Gasteiger partial charge on any atom is -0.467 e. The Morgan fingerprint density at radius 1 is 1.46 bits per heavy atom. The van der Waals surface area contributed by atoms with Crippen LogP contribution in [0.4, 0.5) is 5.69 Å². The molecule has 8 heteroatoms. The Balaban J connectivity index is 1.61. The first-order chi connectivity index (χ1) is 13.6. The quantitative estimate of drug-likeness (QED) is 0.439. The van der Waals surface area contributed by atoms with Crippen LogP contribution in [0.25, 0.3) is 6.08 Å². The van der Waals surface area contributed by atoms with Gasteiger partial charge in [-0.15, -0.1) is 11.3 Å². The summed E-state index contributed by atoms with van der Waals surface area (Å²) in [7, 11) is 0. The smallest absolute Gasteiger partial charge is 0.270 e. The van der Waals surface area contributed by atoms with Crippen molar-refractivity contribution in [3.63, 3.8) is 0 Å². The molecule has 1 unspecified atom stereocenters. The minimum atomic E-state index is -0.454. The van der Waals surface area contributed by atoms with Gasteiger partial charge in [0.1, 0.15) is 5.75 Å². The van der Waals surface area contributed by atoms with Crippen molar-refractivity contribution in [1.82, 2.24) is 4.90 Å². The normalized spacial score (nSPS) is 18.5. The zero-order chi connectivity index (χ0) is 19.7. The van der Waals surface area contributed by atoms with Crippen molar-refractivity contribution in [3.05, 3.63) is 61.3 Å². The number of nitrogens with zero attached hydrogens (tertiary/aromatic N) is 2. The van der Waals surface area contributed by atoms with E-state index in [1.807, 2.05) is 4.90 Å². The summed E-state index contributed by atoms with van der Waals surface area (Å²) < 4.78 is 10.7. The Bertz CT molecular complexity index is 952. The second kappa shape index (κ2) is 7.73. The van der Waals surface area contributed by atoms with Gasteiger partial charge in [-0.25, -0.2) is 0 Å². The molecule has 28 heavy (non-hydrogen) atoms. The molecular weight excluding hydrogens is 380 g/mol. The van der Waals surface area contributed by atoms with Crippen LogP contribution in [-0.4, -0.2) is 29.1 Å². The highest BCUT2D eigenvalue weighted by Gasteiger charge is 2.29. The average Bonchev–Trinajstić information content (AvgIpc) is 3.19. The van der Waals surface area contributed by atoms with Gasteiger partial charge in [0.05, 0.1) is 17.6 Å². The molecular formula is C20H20N2O5S. The first-order valence-electron chi connectivity index (χ1n) is 9.15. The lowest BCUT2D eigenvalue weighted by Gasteiger charge is -2.34. The van der Waals surface area contributed by atoms with Gasteiger partial charge in [0.2, 0.25) is 5.91 Å². The van der Waals surface area contributed by atoms with E-state index < -0.39 is 4.92 Å². The third-order valence-electron chi connectivity index (χ3n) is 5.10. The van der Waals surface area contributed by atoms with E-state index in [1.54, 1.807) is 17.4 Å². The maximum atomic E-state index is 12.9. The lowest BCUT2D eigenvalue weighted by atomic mass is 9.97. The average molecular weight is 400 g/mol. The van der Waals surface area contributed by atoms with Gasteiger partial charge in [-0.2, -0.15) is 0 Å². The van der Waals surface area contributed by atoms with E-state index >= 15 is 0 Å².